The summed E-state index contributed by atoms with van der Waals surface area (Å²) < 4.78 is 22.5. The van der Waals surface area contributed by atoms with Gasteiger partial charge >= 0.3 is 0 Å². The number of hydrogen-bond acceptors (Lipinski definition) is 13. The summed E-state index contributed by atoms with van der Waals surface area (Å²) in [5, 5.41) is 86.0. The molecule has 318 valence electrons. The van der Waals surface area contributed by atoms with Gasteiger partial charge in [0.25, 0.3) is 0 Å². The number of aliphatic hydroxyl groups excluding tert-OH is 8. The van der Waals surface area contributed by atoms with E-state index in [-0.39, 0.29) is 18.9 Å². The molecule has 1 amide bonds. The average molecular weight is 778 g/mol. The second kappa shape index (κ2) is 29.0. The van der Waals surface area contributed by atoms with Crippen LogP contribution in [0.3, 0.4) is 0 Å². The minimum atomic E-state index is -1.78. The first-order chi connectivity index (χ1) is 26.1. The third-order valence-electron chi connectivity index (χ3n) is 10.5. The van der Waals surface area contributed by atoms with Crippen molar-refractivity contribution >= 4 is 5.91 Å². The van der Waals surface area contributed by atoms with Crippen molar-refractivity contribution in [3.8, 4) is 0 Å². The Kier molecular flexibility index (Phi) is 26.3. The van der Waals surface area contributed by atoms with Gasteiger partial charge in [-0.3, -0.25) is 4.79 Å². The molecular formula is C40H75NO13. The normalized spacial score (nSPS) is 30.1. The van der Waals surface area contributed by atoms with Crippen molar-refractivity contribution < 1.29 is 64.6 Å². The van der Waals surface area contributed by atoms with E-state index >= 15 is 0 Å². The van der Waals surface area contributed by atoms with Crippen molar-refractivity contribution in [3.63, 3.8) is 0 Å². The van der Waals surface area contributed by atoms with Crippen LogP contribution >= 0.6 is 0 Å². The summed E-state index contributed by atoms with van der Waals surface area (Å²) in [6, 6.07) is -0.903. The largest absolute Gasteiger partial charge is 0.394 e. The highest BCUT2D eigenvalue weighted by molar-refractivity contribution is 5.76. The molecule has 0 bridgehead atoms. The fourth-order valence-electron chi connectivity index (χ4n) is 6.94. The van der Waals surface area contributed by atoms with Crippen molar-refractivity contribution in [2.45, 2.75) is 216 Å². The third-order valence-corrected chi connectivity index (χ3v) is 10.5. The second-order valence-electron chi connectivity index (χ2n) is 15.1. The van der Waals surface area contributed by atoms with Gasteiger partial charge in [-0.2, -0.15) is 0 Å². The first-order valence-corrected chi connectivity index (χ1v) is 20.9. The van der Waals surface area contributed by atoms with E-state index < -0.39 is 86.8 Å². The lowest BCUT2D eigenvalue weighted by molar-refractivity contribution is -0.359. The summed E-state index contributed by atoms with van der Waals surface area (Å²) >= 11 is 0. The van der Waals surface area contributed by atoms with Gasteiger partial charge in [0.1, 0.15) is 48.8 Å². The summed E-state index contributed by atoms with van der Waals surface area (Å²) in [4.78, 5) is 13.0. The Morgan fingerprint density at radius 1 is 0.648 bits per heavy atom. The Bertz CT molecular complexity index is 972. The molecule has 14 heteroatoms. The van der Waals surface area contributed by atoms with Crippen molar-refractivity contribution in [2.75, 3.05) is 19.8 Å². The summed E-state index contributed by atoms with van der Waals surface area (Å²) in [5.74, 6) is -0.245. The van der Waals surface area contributed by atoms with Gasteiger partial charge in [-0.25, -0.2) is 0 Å². The van der Waals surface area contributed by atoms with Crippen LogP contribution in [0.5, 0.6) is 0 Å². The van der Waals surface area contributed by atoms with Gasteiger partial charge in [0.2, 0.25) is 5.91 Å². The van der Waals surface area contributed by atoms with Crippen LogP contribution in [0.2, 0.25) is 0 Å². The fraction of sp³-hybridized carbons (Fsp3) is 0.925. The Labute approximate surface area is 323 Å². The molecule has 0 aliphatic carbocycles. The monoisotopic (exact) mass is 778 g/mol. The second-order valence-corrected chi connectivity index (χ2v) is 15.1. The quantitative estimate of drug-likeness (QED) is 0.0378. The predicted molar refractivity (Wildman–Crippen MR) is 203 cm³/mol. The number of rotatable bonds is 30. The molecule has 2 fully saturated rings. The van der Waals surface area contributed by atoms with Crippen LogP contribution in [0.4, 0.5) is 0 Å². The molecule has 0 spiro atoms. The number of carbonyl (C=O) groups excluding carboxylic acids is 1. The molecule has 2 aliphatic rings. The van der Waals surface area contributed by atoms with Crippen LogP contribution in [0, 0.1) is 0 Å². The number of carbonyl (C=O) groups is 1. The van der Waals surface area contributed by atoms with Crippen molar-refractivity contribution in [1.82, 2.24) is 5.32 Å². The van der Waals surface area contributed by atoms with Crippen molar-refractivity contribution in [3.05, 3.63) is 12.2 Å². The van der Waals surface area contributed by atoms with E-state index in [9.17, 15) is 45.6 Å². The molecule has 0 saturated carbocycles. The first kappa shape index (κ1) is 48.9. The van der Waals surface area contributed by atoms with E-state index in [1.165, 1.54) is 64.2 Å². The zero-order valence-corrected chi connectivity index (χ0v) is 33.0. The van der Waals surface area contributed by atoms with Crippen LogP contribution < -0.4 is 5.32 Å². The Morgan fingerprint density at radius 2 is 1.15 bits per heavy atom. The van der Waals surface area contributed by atoms with E-state index in [0.717, 1.165) is 51.4 Å². The molecule has 0 radical (unpaired) electrons. The topological polar surface area (TPSA) is 228 Å². The molecule has 2 saturated heterocycles. The van der Waals surface area contributed by atoms with Crippen LogP contribution in [-0.2, 0) is 23.7 Å². The van der Waals surface area contributed by atoms with Crippen molar-refractivity contribution in [1.29, 1.82) is 0 Å². The number of allylic oxidation sites excluding steroid dienone is 1. The van der Waals surface area contributed by atoms with Crippen LogP contribution in [-0.4, -0.2) is 140 Å². The number of nitrogens with one attached hydrogen (secondary N) is 1. The van der Waals surface area contributed by atoms with E-state index in [2.05, 4.69) is 19.2 Å². The molecule has 54 heavy (non-hydrogen) atoms. The van der Waals surface area contributed by atoms with Gasteiger partial charge in [0, 0.05) is 6.42 Å². The predicted octanol–water partition coefficient (Wildman–Crippen LogP) is 2.87. The summed E-state index contributed by atoms with van der Waals surface area (Å²) in [7, 11) is 0. The maximum Gasteiger partial charge on any atom is 0.220 e. The van der Waals surface area contributed by atoms with Crippen molar-refractivity contribution in [2.24, 2.45) is 0 Å². The SMILES string of the molecule is CCCCCCC/C=C/C(O)C(COC1OC(CO)C(OC2OC(CO)C(O)C(O)C2O)C(O)C1O)NC(=O)CCCCCCCCCCCCCCC. The van der Waals surface area contributed by atoms with E-state index in [1.54, 1.807) is 6.08 Å². The Balaban J connectivity index is 1.90. The number of ether oxygens (including phenoxy) is 4. The van der Waals surface area contributed by atoms with Crippen LogP contribution in [0.25, 0.3) is 0 Å². The highest BCUT2D eigenvalue weighted by Crippen LogP contribution is 2.30. The molecule has 14 nitrogen and oxygen atoms in total. The minimum Gasteiger partial charge on any atom is -0.394 e. The number of hydrogen-bond donors (Lipinski definition) is 9. The summed E-state index contributed by atoms with van der Waals surface area (Å²) in [6.07, 6.45) is 8.66. The first-order valence-electron chi connectivity index (χ1n) is 20.9. The van der Waals surface area contributed by atoms with Gasteiger partial charge in [0.15, 0.2) is 12.6 Å². The zero-order valence-electron chi connectivity index (χ0n) is 33.0. The van der Waals surface area contributed by atoms with Gasteiger partial charge < -0.3 is 65.1 Å². The molecule has 12 atom stereocenters. The maximum absolute atomic E-state index is 13.0. The lowest BCUT2D eigenvalue weighted by atomic mass is 9.97. The molecule has 2 heterocycles. The highest BCUT2D eigenvalue weighted by Gasteiger charge is 2.50. The number of amides is 1. The summed E-state index contributed by atoms with van der Waals surface area (Å²) in [5.41, 5.74) is 0. The molecule has 0 aromatic rings. The van der Waals surface area contributed by atoms with Gasteiger partial charge in [-0.15, -0.1) is 0 Å². The maximum atomic E-state index is 13.0. The minimum absolute atomic E-state index is 0.245. The standard InChI is InChI=1S/C40H75NO13/c1-3-5-7-9-11-12-13-14-15-16-18-20-22-24-32(45)41-28(29(44)23-21-19-17-10-8-6-4-2)27-51-39-37(50)35(48)38(31(26-43)53-39)54-40-36(49)34(47)33(46)30(25-42)52-40/h21,23,28-31,33-40,42-44,46-50H,3-20,22,24-27H2,1-2H3,(H,41,45)/b23-21+. The van der Waals surface area contributed by atoms with Crippen LogP contribution in [0.15, 0.2) is 12.2 Å². The smallest absolute Gasteiger partial charge is 0.220 e. The van der Waals surface area contributed by atoms with Crippen LogP contribution in [0.1, 0.15) is 142 Å². The van der Waals surface area contributed by atoms with Gasteiger partial charge in [0.05, 0.1) is 32.0 Å². The van der Waals surface area contributed by atoms with E-state index in [0.29, 0.717) is 6.42 Å². The number of unbranched alkanes of at least 4 members (excludes halogenated alkanes) is 17. The lowest BCUT2D eigenvalue weighted by Gasteiger charge is -2.46. The molecule has 12 unspecified atom stereocenters. The molecule has 0 aromatic carbocycles. The molecule has 9 N–H and O–H groups in total. The fourth-order valence-corrected chi connectivity index (χ4v) is 6.94. The van der Waals surface area contributed by atoms with Gasteiger partial charge in [-0.05, 0) is 19.3 Å². The van der Waals surface area contributed by atoms with E-state index in [4.69, 9.17) is 18.9 Å². The summed E-state index contributed by atoms with van der Waals surface area (Å²) in [6.45, 7) is 2.68. The molecular weight excluding hydrogens is 702 g/mol. The average Bonchev–Trinajstić information content (AvgIpc) is 3.17. The Morgan fingerprint density at radius 3 is 1.70 bits per heavy atom. The van der Waals surface area contributed by atoms with Gasteiger partial charge in [-0.1, -0.05) is 129 Å². The number of aliphatic hydroxyl groups is 8. The lowest BCUT2D eigenvalue weighted by Crippen LogP contribution is -2.65. The Hall–Kier alpha value is -1.27. The van der Waals surface area contributed by atoms with E-state index in [1.807, 2.05) is 6.08 Å². The zero-order chi connectivity index (χ0) is 39.7. The molecule has 2 aliphatic heterocycles. The third kappa shape index (κ3) is 17.9. The molecule has 2 rings (SSSR count). The molecule has 0 aromatic heterocycles. The highest BCUT2D eigenvalue weighted by atomic mass is 16.7.